The first-order valence-corrected chi connectivity index (χ1v) is 6.28. The SMILES string of the molecule is Cc1c(Br)ccc2c1C(=Cc1ncc[nH]1)C(=O)N2. The van der Waals surface area contributed by atoms with Gasteiger partial charge in [0.1, 0.15) is 5.82 Å². The van der Waals surface area contributed by atoms with Crippen molar-refractivity contribution < 1.29 is 4.79 Å². The van der Waals surface area contributed by atoms with Gasteiger partial charge in [-0.15, -0.1) is 0 Å². The number of anilines is 1. The van der Waals surface area contributed by atoms with Crippen molar-refractivity contribution in [1.29, 1.82) is 0 Å². The van der Waals surface area contributed by atoms with Gasteiger partial charge in [-0.1, -0.05) is 15.9 Å². The number of fused-ring (bicyclic) bond motifs is 1. The molecule has 0 saturated carbocycles. The van der Waals surface area contributed by atoms with Crippen LogP contribution in [0.4, 0.5) is 5.69 Å². The van der Waals surface area contributed by atoms with E-state index in [2.05, 4.69) is 31.2 Å². The third-order valence-electron chi connectivity index (χ3n) is 2.96. The van der Waals surface area contributed by atoms with E-state index in [-0.39, 0.29) is 5.91 Å². The molecule has 0 bridgehead atoms. The first kappa shape index (κ1) is 11.2. The molecule has 0 spiro atoms. The number of nitrogens with one attached hydrogen (secondary N) is 2. The summed E-state index contributed by atoms with van der Waals surface area (Å²) >= 11 is 3.48. The van der Waals surface area contributed by atoms with Crippen LogP contribution in [0.25, 0.3) is 11.6 Å². The summed E-state index contributed by atoms with van der Waals surface area (Å²) in [6.07, 6.45) is 5.16. The van der Waals surface area contributed by atoms with Gasteiger partial charge in [0.05, 0.1) is 5.57 Å². The van der Waals surface area contributed by atoms with E-state index in [0.29, 0.717) is 11.4 Å². The summed E-state index contributed by atoms with van der Waals surface area (Å²) < 4.78 is 0.989. The Hall–Kier alpha value is -1.88. The molecule has 4 nitrogen and oxygen atoms in total. The average Bonchev–Trinajstić information content (AvgIpc) is 2.94. The van der Waals surface area contributed by atoms with E-state index in [0.717, 1.165) is 21.3 Å². The van der Waals surface area contributed by atoms with Crippen LogP contribution >= 0.6 is 15.9 Å². The molecule has 0 unspecified atom stereocenters. The van der Waals surface area contributed by atoms with Crippen LogP contribution in [-0.2, 0) is 4.79 Å². The highest BCUT2D eigenvalue weighted by Gasteiger charge is 2.26. The predicted molar refractivity (Wildman–Crippen MR) is 74.0 cm³/mol. The van der Waals surface area contributed by atoms with Crippen LogP contribution in [0.2, 0.25) is 0 Å². The van der Waals surface area contributed by atoms with Crippen LogP contribution in [-0.4, -0.2) is 15.9 Å². The highest BCUT2D eigenvalue weighted by atomic mass is 79.9. The molecule has 1 amide bonds. The summed E-state index contributed by atoms with van der Waals surface area (Å²) in [5.41, 5.74) is 3.46. The fraction of sp³-hybridized carbons (Fsp3) is 0.0769. The molecule has 1 aliphatic heterocycles. The van der Waals surface area contributed by atoms with E-state index in [1.165, 1.54) is 0 Å². The molecule has 0 radical (unpaired) electrons. The van der Waals surface area contributed by atoms with E-state index in [9.17, 15) is 4.79 Å². The topological polar surface area (TPSA) is 57.8 Å². The van der Waals surface area contributed by atoms with E-state index < -0.39 is 0 Å². The lowest BCUT2D eigenvalue weighted by atomic mass is 10.0. The Morgan fingerprint density at radius 1 is 1.39 bits per heavy atom. The van der Waals surface area contributed by atoms with Crippen molar-refractivity contribution in [3.63, 3.8) is 0 Å². The number of H-pyrrole nitrogens is 1. The number of carbonyl (C=O) groups is 1. The van der Waals surface area contributed by atoms with Crippen LogP contribution in [0.1, 0.15) is 17.0 Å². The number of aromatic amines is 1. The van der Waals surface area contributed by atoms with Gasteiger partial charge in [0.2, 0.25) is 0 Å². The largest absolute Gasteiger partial charge is 0.345 e. The maximum Gasteiger partial charge on any atom is 0.256 e. The number of aromatic nitrogens is 2. The number of amides is 1. The Bertz CT molecular complexity index is 659. The Balaban J connectivity index is 2.20. The number of halogens is 1. The molecule has 5 heteroatoms. The average molecular weight is 304 g/mol. The molecular weight excluding hydrogens is 294 g/mol. The summed E-state index contributed by atoms with van der Waals surface area (Å²) in [7, 11) is 0. The second-order valence-corrected chi connectivity index (χ2v) is 4.94. The Kier molecular flexibility index (Phi) is 2.56. The number of nitrogens with zero attached hydrogens (tertiary/aromatic N) is 1. The number of hydrogen-bond acceptors (Lipinski definition) is 2. The fourth-order valence-electron chi connectivity index (χ4n) is 2.07. The van der Waals surface area contributed by atoms with Gasteiger partial charge < -0.3 is 10.3 Å². The van der Waals surface area contributed by atoms with Crippen molar-refractivity contribution in [1.82, 2.24) is 9.97 Å². The molecule has 1 aliphatic rings. The van der Waals surface area contributed by atoms with Crippen molar-refractivity contribution >= 4 is 39.2 Å². The Morgan fingerprint density at radius 2 is 2.22 bits per heavy atom. The zero-order chi connectivity index (χ0) is 12.7. The lowest BCUT2D eigenvalue weighted by Crippen LogP contribution is -2.03. The Labute approximate surface area is 112 Å². The summed E-state index contributed by atoms with van der Waals surface area (Å²) in [5.74, 6) is 0.579. The Morgan fingerprint density at radius 3 is 2.94 bits per heavy atom. The smallest absolute Gasteiger partial charge is 0.256 e. The maximum absolute atomic E-state index is 12.0. The standard InChI is InChI=1S/C13H10BrN3O/c1-7-9(14)2-3-10-12(7)8(13(18)17-10)6-11-15-4-5-16-11/h2-6H,1H3,(H,15,16)(H,17,18). The van der Waals surface area contributed by atoms with Gasteiger partial charge in [-0.05, 0) is 30.7 Å². The van der Waals surface area contributed by atoms with Crippen LogP contribution in [0.3, 0.4) is 0 Å². The first-order valence-electron chi connectivity index (χ1n) is 5.48. The van der Waals surface area contributed by atoms with E-state index >= 15 is 0 Å². The number of imidazole rings is 1. The molecule has 18 heavy (non-hydrogen) atoms. The molecular formula is C13H10BrN3O. The molecule has 3 rings (SSSR count). The molecule has 2 heterocycles. The zero-order valence-corrected chi connectivity index (χ0v) is 11.2. The minimum Gasteiger partial charge on any atom is -0.345 e. The first-order chi connectivity index (χ1) is 8.66. The molecule has 2 aromatic rings. The second-order valence-electron chi connectivity index (χ2n) is 4.08. The van der Waals surface area contributed by atoms with Crippen LogP contribution in [0.15, 0.2) is 29.0 Å². The zero-order valence-electron chi connectivity index (χ0n) is 9.62. The third kappa shape index (κ3) is 1.67. The molecule has 0 fully saturated rings. The predicted octanol–water partition coefficient (Wildman–Crippen LogP) is 2.97. The highest BCUT2D eigenvalue weighted by molar-refractivity contribution is 9.10. The van der Waals surface area contributed by atoms with Crippen molar-refractivity contribution in [2.75, 3.05) is 5.32 Å². The van der Waals surface area contributed by atoms with Gasteiger partial charge in [-0.2, -0.15) is 0 Å². The molecule has 1 aromatic carbocycles. The third-order valence-corrected chi connectivity index (χ3v) is 3.82. The number of rotatable bonds is 1. The van der Waals surface area contributed by atoms with E-state index in [1.807, 2.05) is 19.1 Å². The van der Waals surface area contributed by atoms with Gasteiger partial charge in [-0.3, -0.25) is 4.79 Å². The summed E-state index contributed by atoms with van der Waals surface area (Å²) in [5, 5.41) is 2.86. The van der Waals surface area contributed by atoms with Gasteiger partial charge in [0.15, 0.2) is 0 Å². The summed E-state index contributed by atoms with van der Waals surface area (Å²) in [6, 6.07) is 3.83. The van der Waals surface area contributed by atoms with Gasteiger partial charge in [-0.25, -0.2) is 4.98 Å². The normalized spacial score (nSPS) is 15.9. The number of benzene rings is 1. The van der Waals surface area contributed by atoms with Gasteiger partial charge in [0.25, 0.3) is 5.91 Å². The minimum atomic E-state index is -0.0948. The lowest BCUT2D eigenvalue weighted by Gasteiger charge is -2.05. The van der Waals surface area contributed by atoms with Crippen molar-refractivity contribution in [3.8, 4) is 0 Å². The molecule has 0 atom stereocenters. The number of hydrogen-bond donors (Lipinski definition) is 2. The lowest BCUT2D eigenvalue weighted by molar-refractivity contribution is -0.110. The molecule has 90 valence electrons. The van der Waals surface area contributed by atoms with Crippen LogP contribution in [0.5, 0.6) is 0 Å². The van der Waals surface area contributed by atoms with Crippen molar-refractivity contribution in [2.45, 2.75) is 6.92 Å². The van der Waals surface area contributed by atoms with Gasteiger partial charge in [0, 0.05) is 28.1 Å². The molecule has 1 aromatic heterocycles. The number of carbonyl (C=O) groups excluding carboxylic acids is 1. The maximum atomic E-state index is 12.0. The minimum absolute atomic E-state index is 0.0948. The van der Waals surface area contributed by atoms with Crippen molar-refractivity contribution in [3.05, 3.63) is 46.0 Å². The summed E-state index contributed by atoms with van der Waals surface area (Å²) in [4.78, 5) is 19.1. The quantitative estimate of drug-likeness (QED) is 0.796. The highest BCUT2D eigenvalue weighted by Crippen LogP contribution is 2.38. The second kappa shape index (κ2) is 4.10. The fourth-order valence-corrected chi connectivity index (χ4v) is 2.40. The van der Waals surface area contributed by atoms with Crippen LogP contribution < -0.4 is 5.32 Å². The van der Waals surface area contributed by atoms with Gasteiger partial charge >= 0.3 is 0 Å². The molecule has 2 N–H and O–H groups in total. The van der Waals surface area contributed by atoms with E-state index in [1.54, 1.807) is 18.5 Å². The van der Waals surface area contributed by atoms with Crippen molar-refractivity contribution in [2.24, 2.45) is 0 Å². The summed E-state index contributed by atoms with van der Waals surface area (Å²) in [6.45, 7) is 1.99. The molecule has 0 saturated heterocycles. The molecule has 0 aliphatic carbocycles. The van der Waals surface area contributed by atoms with E-state index in [4.69, 9.17) is 0 Å². The van der Waals surface area contributed by atoms with Crippen LogP contribution in [0, 0.1) is 6.92 Å². The monoisotopic (exact) mass is 303 g/mol.